The highest BCUT2D eigenvalue weighted by Crippen LogP contribution is 2.39. The van der Waals surface area contributed by atoms with Crippen LogP contribution in [-0.2, 0) is 6.54 Å². The quantitative estimate of drug-likeness (QED) is 0.741. The van der Waals surface area contributed by atoms with Gasteiger partial charge in [0, 0.05) is 30.9 Å². The number of benzene rings is 1. The zero-order valence-corrected chi connectivity index (χ0v) is 15.1. The maximum atomic E-state index is 12.2. The molecule has 4 rings (SSSR count). The van der Waals surface area contributed by atoms with E-state index in [-0.39, 0.29) is 11.9 Å². The Morgan fingerprint density at radius 3 is 2.54 bits per heavy atom. The predicted molar refractivity (Wildman–Crippen MR) is 99.3 cm³/mol. The minimum absolute atomic E-state index is 0.158. The minimum Gasteiger partial charge on any atom is -0.347 e. The van der Waals surface area contributed by atoms with Crippen LogP contribution in [0.1, 0.15) is 60.4 Å². The molecule has 0 saturated heterocycles. The minimum atomic E-state index is -0.158. The van der Waals surface area contributed by atoms with Gasteiger partial charge in [0.1, 0.15) is 5.69 Å². The van der Waals surface area contributed by atoms with Crippen molar-refractivity contribution in [3.8, 4) is 5.69 Å². The normalized spacial score (nSPS) is 14.0. The van der Waals surface area contributed by atoms with Gasteiger partial charge in [-0.15, -0.1) is 0 Å². The van der Waals surface area contributed by atoms with E-state index in [9.17, 15) is 4.79 Å². The summed E-state index contributed by atoms with van der Waals surface area (Å²) in [6, 6.07) is 12.2. The van der Waals surface area contributed by atoms with E-state index in [4.69, 9.17) is 0 Å². The molecule has 2 aromatic heterocycles. The summed E-state index contributed by atoms with van der Waals surface area (Å²) >= 11 is 0. The van der Waals surface area contributed by atoms with E-state index in [2.05, 4.69) is 21.6 Å². The number of carbonyl (C=O) groups is 1. The highest BCUT2D eigenvalue weighted by molar-refractivity contribution is 5.92. The van der Waals surface area contributed by atoms with Crippen molar-refractivity contribution in [1.82, 2.24) is 24.9 Å². The Hall–Kier alpha value is -2.89. The first-order chi connectivity index (χ1) is 12.6. The van der Waals surface area contributed by atoms with Gasteiger partial charge in [0.25, 0.3) is 5.91 Å². The van der Waals surface area contributed by atoms with Crippen LogP contribution in [0.2, 0.25) is 0 Å². The van der Waals surface area contributed by atoms with Gasteiger partial charge in [0.15, 0.2) is 0 Å². The molecule has 1 aliphatic carbocycles. The van der Waals surface area contributed by atoms with Gasteiger partial charge in [-0.1, -0.05) is 12.1 Å². The molecule has 0 bridgehead atoms. The third-order valence-corrected chi connectivity index (χ3v) is 4.63. The molecule has 1 aromatic carbocycles. The Labute approximate surface area is 152 Å². The molecule has 1 amide bonds. The summed E-state index contributed by atoms with van der Waals surface area (Å²) in [6.07, 6.45) is 6.35. The molecule has 0 radical (unpaired) electrons. The second-order valence-corrected chi connectivity index (χ2v) is 7.08. The number of nitrogens with zero attached hydrogens (tertiary/aromatic N) is 4. The first kappa shape index (κ1) is 16.6. The average molecular weight is 349 g/mol. The summed E-state index contributed by atoms with van der Waals surface area (Å²) in [7, 11) is 0. The van der Waals surface area contributed by atoms with Gasteiger partial charge in [0.2, 0.25) is 0 Å². The summed E-state index contributed by atoms with van der Waals surface area (Å²) in [4.78, 5) is 12.2. The number of rotatable bonds is 6. The van der Waals surface area contributed by atoms with Crippen LogP contribution < -0.4 is 5.32 Å². The molecule has 0 unspecified atom stereocenters. The van der Waals surface area contributed by atoms with Crippen molar-refractivity contribution < 1.29 is 4.79 Å². The van der Waals surface area contributed by atoms with Crippen molar-refractivity contribution in [2.24, 2.45) is 0 Å². The molecule has 2 heterocycles. The summed E-state index contributed by atoms with van der Waals surface area (Å²) in [5.74, 6) is 0.500. The Kier molecular flexibility index (Phi) is 4.32. The average Bonchev–Trinajstić information content (AvgIpc) is 3.18. The van der Waals surface area contributed by atoms with Crippen LogP contribution >= 0.6 is 0 Å². The standard InChI is InChI=1S/C20H23N5O/c1-14(2)24-11-10-19(23-24)20(26)21-13-15-3-7-17(8-4-15)25-12-9-18(22-25)16-5-6-16/h3-4,7-12,14,16H,5-6,13H2,1-2H3,(H,21,26). The van der Waals surface area contributed by atoms with E-state index in [1.165, 1.54) is 18.5 Å². The lowest BCUT2D eigenvalue weighted by Gasteiger charge is -2.06. The van der Waals surface area contributed by atoms with Crippen LogP contribution in [0.3, 0.4) is 0 Å². The van der Waals surface area contributed by atoms with Gasteiger partial charge in [-0.25, -0.2) is 4.68 Å². The lowest BCUT2D eigenvalue weighted by atomic mass is 10.2. The number of amides is 1. The van der Waals surface area contributed by atoms with Crippen molar-refractivity contribution in [3.05, 3.63) is 65.7 Å². The fraction of sp³-hybridized carbons (Fsp3) is 0.350. The first-order valence-corrected chi connectivity index (χ1v) is 9.08. The topological polar surface area (TPSA) is 64.7 Å². The van der Waals surface area contributed by atoms with Gasteiger partial charge in [-0.05, 0) is 56.5 Å². The molecule has 134 valence electrons. The molecular formula is C20H23N5O. The number of nitrogens with one attached hydrogen (secondary N) is 1. The number of hydrogen-bond donors (Lipinski definition) is 1. The Balaban J connectivity index is 1.36. The molecule has 0 atom stereocenters. The fourth-order valence-corrected chi connectivity index (χ4v) is 2.86. The molecule has 6 heteroatoms. The van der Waals surface area contributed by atoms with E-state index < -0.39 is 0 Å². The van der Waals surface area contributed by atoms with E-state index in [0.29, 0.717) is 18.2 Å². The van der Waals surface area contributed by atoms with Crippen molar-refractivity contribution in [3.63, 3.8) is 0 Å². The predicted octanol–water partition coefficient (Wildman–Crippen LogP) is 3.46. The van der Waals surface area contributed by atoms with Crippen LogP contribution in [0.4, 0.5) is 0 Å². The third kappa shape index (κ3) is 3.54. The van der Waals surface area contributed by atoms with Gasteiger partial charge in [-0.3, -0.25) is 9.48 Å². The van der Waals surface area contributed by atoms with Gasteiger partial charge >= 0.3 is 0 Å². The van der Waals surface area contributed by atoms with Crippen molar-refractivity contribution in [2.75, 3.05) is 0 Å². The lowest BCUT2D eigenvalue weighted by Crippen LogP contribution is -2.23. The van der Waals surface area contributed by atoms with Crippen molar-refractivity contribution >= 4 is 5.91 Å². The molecule has 26 heavy (non-hydrogen) atoms. The fourth-order valence-electron chi connectivity index (χ4n) is 2.86. The molecule has 6 nitrogen and oxygen atoms in total. The van der Waals surface area contributed by atoms with E-state index >= 15 is 0 Å². The zero-order chi connectivity index (χ0) is 18.1. The van der Waals surface area contributed by atoms with Crippen LogP contribution in [0.15, 0.2) is 48.8 Å². The Morgan fingerprint density at radius 1 is 1.12 bits per heavy atom. The monoisotopic (exact) mass is 349 g/mol. The van der Waals surface area contributed by atoms with E-state index in [0.717, 1.165) is 11.3 Å². The molecule has 1 aliphatic rings. The largest absolute Gasteiger partial charge is 0.347 e. The van der Waals surface area contributed by atoms with E-state index in [1.807, 2.05) is 55.2 Å². The molecule has 1 fully saturated rings. The Morgan fingerprint density at radius 2 is 1.88 bits per heavy atom. The summed E-state index contributed by atoms with van der Waals surface area (Å²) < 4.78 is 3.69. The van der Waals surface area contributed by atoms with Gasteiger partial charge < -0.3 is 5.32 Å². The summed E-state index contributed by atoms with van der Waals surface area (Å²) in [6.45, 7) is 4.53. The third-order valence-electron chi connectivity index (χ3n) is 4.63. The smallest absolute Gasteiger partial charge is 0.272 e. The van der Waals surface area contributed by atoms with Crippen LogP contribution in [0.5, 0.6) is 0 Å². The maximum absolute atomic E-state index is 12.2. The van der Waals surface area contributed by atoms with Crippen LogP contribution in [0, 0.1) is 0 Å². The van der Waals surface area contributed by atoms with Crippen molar-refractivity contribution in [2.45, 2.75) is 45.2 Å². The number of carbonyl (C=O) groups excluding carboxylic acids is 1. The van der Waals surface area contributed by atoms with Crippen molar-refractivity contribution in [1.29, 1.82) is 0 Å². The zero-order valence-electron chi connectivity index (χ0n) is 15.1. The van der Waals surface area contributed by atoms with Crippen LogP contribution in [0.25, 0.3) is 5.69 Å². The highest BCUT2D eigenvalue weighted by atomic mass is 16.1. The number of hydrogen-bond acceptors (Lipinski definition) is 3. The molecule has 1 saturated carbocycles. The Bertz CT molecular complexity index is 902. The first-order valence-electron chi connectivity index (χ1n) is 9.08. The molecule has 1 N–H and O–H groups in total. The lowest BCUT2D eigenvalue weighted by molar-refractivity contribution is 0.0945. The van der Waals surface area contributed by atoms with Crippen LogP contribution in [-0.4, -0.2) is 25.5 Å². The summed E-state index contributed by atoms with van der Waals surface area (Å²) in [5.41, 5.74) is 3.70. The second-order valence-electron chi connectivity index (χ2n) is 7.08. The second kappa shape index (κ2) is 6.78. The van der Waals surface area contributed by atoms with E-state index in [1.54, 1.807) is 10.7 Å². The molecule has 0 aliphatic heterocycles. The molecule has 0 spiro atoms. The molecule has 3 aromatic rings. The maximum Gasteiger partial charge on any atom is 0.272 e. The highest BCUT2D eigenvalue weighted by Gasteiger charge is 2.25. The number of aromatic nitrogens is 4. The molecular weight excluding hydrogens is 326 g/mol. The summed E-state index contributed by atoms with van der Waals surface area (Å²) in [5, 5.41) is 11.8. The SMILES string of the molecule is CC(C)n1ccc(C(=O)NCc2ccc(-n3ccc(C4CC4)n3)cc2)n1. The van der Waals surface area contributed by atoms with Gasteiger partial charge in [-0.2, -0.15) is 10.2 Å². The van der Waals surface area contributed by atoms with Gasteiger partial charge in [0.05, 0.1) is 11.4 Å².